The van der Waals surface area contributed by atoms with Gasteiger partial charge in [-0.1, -0.05) is 29.3 Å². The van der Waals surface area contributed by atoms with Crippen LogP contribution in [0.4, 0.5) is 0 Å². The van der Waals surface area contributed by atoms with E-state index < -0.39 is 0 Å². The quantitative estimate of drug-likeness (QED) is 0.873. The van der Waals surface area contributed by atoms with Gasteiger partial charge in [-0.15, -0.1) is 23.7 Å². The first-order chi connectivity index (χ1) is 9.06. The minimum atomic E-state index is -0.164. The molecule has 2 aromatic rings. The van der Waals surface area contributed by atoms with Gasteiger partial charge >= 0.3 is 0 Å². The van der Waals surface area contributed by atoms with Crippen LogP contribution >= 0.6 is 46.9 Å². The van der Waals surface area contributed by atoms with Gasteiger partial charge in [-0.05, 0) is 17.7 Å². The van der Waals surface area contributed by atoms with Crippen molar-refractivity contribution in [2.75, 3.05) is 0 Å². The number of benzene rings is 1. The Balaban J connectivity index is 0.00000200. The Labute approximate surface area is 136 Å². The Morgan fingerprint density at radius 1 is 1.40 bits per heavy atom. The van der Waals surface area contributed by atoms with Crippen molar-refractivity contribution in [3.8, 4) is 0 Å². The molecule has 1 aromatic heterocycles. The number of thiazole rings is 1. The molecule has 0 radical (unpaired) electrons. The van der Waals surface area contributed by atoms with Gasteiger partial charge < -0.3 is 9.88 Å². The van der Waals surface area contributed by atoms with E-state index in [0.717, 1.165) is 5.56 Å². The number of aromatic nitrogens is 1. The highest BCUT2D eigenvalue weighted by Crippen LogP contribution is 2.20. The fourth-order valence-corrected chi connectivity index (χ4v) is 2.57. The van der Waals surface area contributed by atoms with E-state index in [1.165, 1.54) is 11.3 Å². The number of carbonyl (C=O) groups is 1. The highest BCUT2D eigenvalue weighted by molar-refractivity contribution is 7.06. The number of hydrogen-bond donors (Lipinski definition) is 2. The number of rotatable bonds is 4. The molecule has 2 rings (SSSR count). The van der Waals surface area contributed by atoms with Gasteiger partial charge in [0.05, 0.1) is 0 Å². The van der Waals surface area contributed by atoms with Crippen molar-refractivity contribution >= 4 is 52.9 Å². The summed E-state index contributed by atoms with van der Waals surface area (Å²) in [7, 11) is 0. The number of carbonyl (C=O) groups excluding carboxylic acids is 1. The molecule has 0 aliphatic rings. The number of nitrogens with zero attached hydrogens (tertiary/aromatic N) is 1. The molecule has 0 atom stereocenters. The highest BCUT2D eigenvalue weighted by atomic mass is 35.5. The molecular formula is C12H12Cl3N3OS. The zero-order valence-corrected chi connectivity index (χ0v) is 13.4. The largest absolute Gasteiger partial charge is 0.350 e. The van der Waals surface area contributed by atoms with Crippen LogP contribution in [0.25, 0.3) is 0 Å². The van der Waals surface area contributed by atoms with Crippen molar-refractivity contribution in [3.63, 3.8) is 0 Å². The van der Waals surface area contributed by atoms with Crippen LogP contribution in [0.15, 0.2) is 29.8 Å². The van der Waals surface area contributed by atoms with E-state index in [0.29, 0.717) is 21.4 Å². The predicted molar refractivity (Wildman–Crippen MR) is 83.7 cm³/mol. The lowest BCUT2D eigenvalue weighted by molar-refractivity contribution is -0.121. The zero-order chi connectivity index (χ0) is 13.8. The second-order valence-electron chi connectivity index (χ2n) is 3.85. The molecule has 0 spiro atoms. The molecule has 0 bridgehead atoms. The second-order valence-corrected chi connectivity index (χ2v) is 5.59. The Hall–Kier alpha value is -1.01. The summed E-state index contributed by atoms with van der Waals surface area (Å²) < 4.78 is 1.57. The molecule has 108 valence electrons. The van der Waals surface area contributed by atoms with Crippen molar-refractivity contribution in [1.82, 2.24) is 9.88 Å². The molecular weight excluding hydrogens is 341 g/mol. The standard InChI is InChI=1S/C12H11Cl2N3OS.ClH/c13-9-2-1-8(10(14)5-9)6-16-11(18)7-17-3-4-19-12(17)15;/h1-5,15H,6-7H2,(H,16,18);1H. The Bertz CT molecular complexity index is 653. The van der Waals surface area contributed by atoms with Gasteiger partial charge in [0.15, 0.2) is 4.80 Å². The smallest absolute Gasteiger partial charge is 0.240 e. The first-order valence-corrected chi connectivity index (χ1v) is 7.09. The molecule has 1 heterocycles. The van der Waals surface area contributed by atoms with E-state index in [-0.39, 0.29) is 24.9 Å². The number of nitrogens with one attached hydrogen (secondary N) is 2. The van der Waals surface area contributed by atoms with Crippen molar-refractivity contribution in [2.24, 2.45) is 0 Å². The van der Waals surface area contributed by atoms with E-state index >= 15 is 0 Å². The number of halogens is 3. The topological polar surface area (TPSA) is 57.9 Å². The van der Waals surface area contributed by atoms with Gasteiger partial charge in [0, 0.05) is 28.2 Å². The van der Waals surface area contributed by atoms with Crippen LogP contribution in [0.1, 0.15) is 5.56 Å². The average Bonchev–Trinajstić information content (AvgIpc) is 2.74. The van der Waals surface area contributed by atoms with E-state index in [4.69, 9.17) is 28.6 Å². The third-order valence-electron chi connectivity index (χ3n) is 2.49. The average molecular weight is 353 g/mol. The lowest BCUT2D eigenvalue weighted by Gasteiger charge is -2.07. The molecule has 1 aromatic carbocycles. The van der Waals surface area contributed by atoms with Gasteiger partial charge in [-0.25, -0.2) is 0 Å². The Kier molecular flexibility index (Phi) is 6.55. The van der Waals surface area contributed by atoms with E-state index in [1.54, 1.807) is 34.3 Å². The van der Waals surface area contributed by atoms with Crippen LogP contribution in [-0.4, -0.2) is 10.5 Å². The molecule has 0 unspecified atom stereocenters. The maximum absolute atomic E-state index is 11.7. The highest BCUT2D eigenvalue weighted by Gasteiger charge is 2.06. The van der Waals surface area contributed by atoms with E-state index in [2.05, 4.69) is 5.32 Å². The van der Waals surface area contributed by atoms with Crippen LogP contribution in [-0.2, 0) is 17.9 Å². The summed E-state index contributed by atoms with van der Waals surface area (Å²) in [6, 6.07) is 5.14. The van der Waals surface area contributed by atoms with Crippen molar-refractivity contribution in [3.05, 3.63) is 50.2 Å². The maximum atomic E-state index is 11.7. The fraction of sp³-hybridized carbons (Fsp3) is 0.167. The fourth-order valence-electron chi connectivity index (χ4n) is 1.50. The summed E-state index contributed by atoms with van der Waals surface area (Å²) in [5, 5.41) is 13.2. The molecule has 0 fully saturated rings. The molecule has 2 N–H and O–H groups in total. The Morgan fingerprint density at radius 3 is 2.75 bits per heavy atom. The van der Waals surface area contributed by atoms with Crippen LogP contribution in [0.5, 0.6) is 0 Å². The number of amides is 1. The lowest BCUT2D eigenvalue weighted by atomic mass is 10.2. The first-order valence-electron chi connectivity index (χ1n) is 5.45. The molecule has 0 aliphatic carbocycles. The summed E-state index contributed by atoms with van der Waals surface area (Å²) in [5.41, 5.74) is 0.806. The molecule has 0 saturated heterocycles. The van der Waals surface area contributed by atoms with Crippen LogP contribution in [0.2, 0.25) is 10.0 Å². The van der Waals surface area contributed by atoms with E-state index in [9.17, 15) is 4.79 Å². The Morgan fingerprint density at radius 2 is 2.15 bits per heavy atom. The van der Waals surface area contributed by atoms with Crippen molar-refractivity contribution < 1.29 is 4.79 Å². The normalized spacial score (nSPS) is 9.90. The summed E-state index contributed by atoms with van der Waals surface area (Å²) in [5.74, 6) is -0.164. The summed E-state index contributed by atoms with van der Waals surface area (Å²) in [6.07, 6.45) is 1.71. The van der Waals surface area contributed by atoms with Gasteiger partial charge in [-0.3, -0.25) is 10.2 Å². The third kappa shape index (κ3) is 4.52. The van der Waals surface area contributed by atoms with Crippen molar-refractivity contribution in [1.29, 1.82) is 5.41 Å². The minimum absolute atomic E-state index is 0. The van der Waals surface area contributed by atoms with Gasteiger partial charge in [-0.2, -0.15) is 0 Å². The number of hydrogen-bond acceptors (Lipinski definition) is 3. The van der Waals surface area contributed by atoms with Gasteiger partial charge in [0.2, 0.25) is 5.91 Å². The molecule has 1 amide bonds. The van der Waals surface area contributed by atoms with E-state index in [1.807, 2.05) is 0 Å². The monoisotopic (exact) mass is 351 g/mol. The van der Waals surface area contributed by atoms with Gasteiger partial charge in [0.25, 0.3) is 0 Å². The summed E-state index contributed by atoms with van der Waals surface area (Å²) in [4.78, 5) is 12.1. The maximum Gasteiger partial charge on any atom is 0.240 e. The minimum Gasteiger partial charge on any atom is -0.350 e. The molecule has 0 saturated carbocycles. The second kappa shape index (κ2) is 7.69. The van der Waals surface area contributed by atoms with Crippen molar-refractivity contribution in [2.45, 2.75) is 13.1 Å². The lowest BCUT2D eigenvalue weighted by Crippen LogP contribution is -2.29. The molecule has 0 aliphatic heterocycles. The summed E-state index contributed by atoms with van der Waals surface area (Å²) >= 11 is 13.1. The predicted octanol–water partition coefficient (Wildman–Crippen LogP) is 3.07. The SMILES string of the molecule is Cl.N=c1sccn1CC(=O)NCc1ccc(Cl)cc1Cl. The molecule has 4 nitrogen and oxygen atoms in total. The third-order valence-corrected chi connectivity index (χ3v) is 3.79. The first kappa shape index (κ1) is 17.0. The van der Waals surface area contributed by atoms with Gasteiger partial charge in [0.1, 0.15) is 6.54 Å². The molecule has 20 heavy (non-hydrogen) atoms. The van der Waals surface area contributed by atoms with Crippen LogP contribution in [0.3, 0.4) is 0 Å². The zero-order valence-electron chi connectivity index (χ0n) is 10.2. The van der Waals surface area contributed by atoms with Crippen LogP contribution in [0, 0.1) is 5.41 Å². The van der Waals surface area contributed by atoms with Crippen LogP contribution < -0.4 is 10.1 Å². The molecule has 8 heteroatoms. The summed E-state index contributed by atoms with van der Waals surface area (Å²) in [6.45, 7) is 0.473.